The Morgan fingerprint density at radius 3 is 2.53 bits per heavy atom. The maximum atomic E-state index is 13.1. The number of aryl methyl sites for hydroxylation is 2. The van der Waals surface area contributed by atoms with Gasteiger partial charge in [0.15, 0.2) is 5.78 Å². The van der Waals surface area contributed by atoms with Gasteiger partial charge in [-0.2, -0.15) is 0 Å². The van der Waals surface area contributed by atoms with Crippen LogP contribution >= 0.6 is 27.3 Å². The Bertz CT molecular complexity index is 589. The highest BCUT2D eigenvalue weighted by atomic mass is 79.9. The molecule has 0 N–H and O–H groups in total. The van der Waals surface area contributed by atoms with Crippen molar-refractivity contribution in [2.24, 2.45) is 0 Å². The van der Waals surface area contributed by atoms with Crippen molar-refractivity contribution in [2.45, 2.75) is 13.8 Å². The van der Waals surface area contributed by atoms with Crippen molar-refractivity contribution in [2.75, 3.05) is 0 Å². The van der Waals surface area contributed by atoms with E-state index in [4.69, 9.17) is 0 Å². The van der Waals surface area contributed by atoms with Crippen LogP contribution in [0.15, 0.2) is 28.7 Å². The molecule has 0 aliphatic rings. The quantitative estimate of drug-likeness (QED) is 0.746. The molecule has 0 aliphatic heterocycles. The predicted octanol–water partition coefficient (Wildman–Crippen LogP) is 4.50. The summed E-state index contributed by atoms with van der Waals surface area (Å²) in [5.74, 6) is -0.424. The third kappa shape index (κ3) is 2.48. The summed E-state index contributed by atoms with van der Waals surface area (Å²) < 4.78 is 13.4. The molecule has 2 rings (SSSR count). The Labute approximate surface area is 111 Å². The molecule has 0 unspecified atom stereocenters. The number of carbonyl (C=O) groups excluding carboxylic acids is 1. The van der Waals surface area contributed by atoms with Crippen LogP contribution in [0, 0.1) is 19.7 Å². The zero-order chi connectivity index (χ0) is 12.6. The molecule has 2 aromatic rings. The molecule has 0 aliphatic carbocycles. The fraction of sp³-hybridized carbons (Fsp3) is 0.154. The van der Waals surface area contributed by atoms with Gasteiger partial charge >= 0.3 is 0 Å². The van der Waals surface area contributed by atoms with Gasteiger partial charge in [-0.3, -0.25) is 4.79 Å². The van der Waals surface area contributed by atoms with Crippen molar-refractivity contribution in [3.63, 3.8) is 0 Å². The second-order valence-electron chi connectivity index (χ2n) is 3.78. The van der Waals surface area contributed by atoms with Crippen LogP contribution in [0.1, 0.15) is 25.7 Å². The van der Waals surface area contributed by atoms with E-state index in [0.717, 1.165) is 9.75 Å². The van der Waals surface area contributed by atoms with Crippen LogP contribution in [0.4, 0.5) is 4.39 Å². The molecule has 1 nitrogen and oxygen atoms in total. The van der Waals surface area contributed by atoms with Crippen molar-refractivity contribution in [1.29, 1.82) is 0 Å². The molecule has 0 amide bonds. The summed E-state index contributed by atoms with van der Waals surface area (Å²) in [5.41, 5.74) is 1.20. The van der Waals surface area contributed by atoms with E-state index in [9.17, 15) is 9.18 Å². The van der Waals surface area contributed by atoms with Gasteiger partial charge in [-0.25, -0.2) is 4.39 Å². The minimum absolute atomic E-state index is 0.0625. The lowest BCUT2D eigenvalue weighted by molar-refractivity contribution is 0.103. The molecule has 1 aromatic heterocycles. The molecule has 0 spiro atoms. The van der Waals surface area contributed by atoms with Crippen LogP contribution in [0.25, 0.3) is 0 Å². The molecule has 0 radical (unpaired) electrons. The summed E-state index contributed by atoms with van der Waals surface area (Å²) in [6.07, 6.45) is 0. The molecule has 4 heteroatoms. The normalized spacial score (nSPS) is 10.6. The second kappa shape index (κ2) is 4.70. The van der Waals surface area contributed by atoms with Crippen LogP contribution in [-0.4, -0.2) is 5.78 Å². The van der Waals surface area contributed by atoms with Crippen molar-refractivity contribution < 1.29 is 9.18 Å². The SMILES string of the molecule is Cc1cc(C(=O)c2ccc(F)c(Br)c2)c(C)s1. The van der Waals surface area contributed by atoms with Gasteiger partial charge in [0.25, 0.3) is 0 Å². The summed E-state index contributed by atoms with van der Waals surface area (Å²) in [7, 11) is 0. The van der Waals surface area contributed by atoms with Gasteiger partial charge in [-0.15, -0.1) is 11.3 Å². The number of carbonyl (C=O) groups is 1. The van der Waals surface area contributed by atoms with Crippen molar-refractivity contribution >= 4 is 33.0 Å². The van der Waals surface area contributed by atoms with Crippen molar-refractivity contribution in [1.82, 2.24) is 0 Å². The number of benzene rings is 1. The third-order valence-corrected chi connectivity index (χ3v) is 4.04. The minimum Gasteiger partial charge on any atom is -0.289 e. The first-order valence-electron chi connectivity index (χ1n) is 5.06. The molecule has 0 saturated carbocycles. The lowest BCUT2D eigenvalue weighted by Crippen LogP contribution is -2.01. The minimum atomic E-state index is -0.361. The molecular weight excluding hydrogens is 303 g/mol. The van der Waals surface area contributed by atoms with Gasteiger partial charge in [0.05, 0.1) is 4.47 Å². The van der Waals surface area contributed by atoms with Crippen molar-refractivity contribution in [3.8, 4) is 0 Å². The summed E-state index contributed by atoms with van der Waals surface area (Å²) in [6.45, 7) is 3.89. The molecular formula is C13H10BrFOS. The number of thiophene rings is 1. The highest BCUT2D eigenvalue weighted by molar-refractivity contribution is 9.10. The lowest BCUT2D eigenvalue weighted by atomic mass is 10.0. The second-order valence-corrected chi connectivity index (χ2v) is 6.10. The highest BCUT2D eigenvalue weighted by Crippen LogP contribution is 2.25. The monoisotopic (exact) mass is 312 g/mol. The molecule has 1 aromatic carbocycles. The zero-order valence-corrected chi connectivity index (χ0v) is 11.8. The number of halogens is 2. The molecule has 17 heavy (non-hydrogen) atoms. The van der Waals surface area contributed by atoms with Crippen LogP contribution in [0.5, 0.6) is 0 Å². The molecule has 88 valence electrons. The van der Waals surface area contributed by atoms with E-state index in [1.54, 1.807) is 11.3 Å². The maximum Gasteiger partial charge on any atom is 0.194 e. The summed E-state index contributed by atoms with van der Waals surface area (Å²) in [4.78, 5) is 14.3. The summed E-state index contributed by atoms with van der Waals surface area (Å²) >= 11 is 4.68. The Hall–Kier alpha value is -1.000. The van der Waals surface area contributed by atoms with Gasteiger partial charge in [0, 0.05) is 20.9 Å². The first kappa shape index (κ1) is 12.5. The average Bonchev–Trinajstić information content (AvgIpc) is 2.61. The van der Waals surface area contributed by atoms with E-state index in [0.29, 0.717) is 15.6 Å². The average molecular weight is 313 g/mol. The molecule has 0 atom stereocenters. The first-order chi connectivity index (χ1) is 7.99. The smallest absolute Gasteiger partial charge is 0.194 e. The number of hydrogen-bond acceptors (Lipinski definition) is 2. The van der Waals surface area contributed by atoms with E-state index < -0.39 is 0 Å². The van der Waals surface area contributed by atoms with E-state index in [-0.39, 0.29) is 11.6 Å². The fourth-order valence-corrected chi connectivity index (χ4v) is 2.95. The maximum absolute atomic E-state index is 13.1. The number of hydrogen-bond donors (Lipinski definition) is 0. The van der Waals surface area contributed by atoms with Crippen LogP contribution in [-0.2, 0) is 0 Å². The molecule has 0 saturated heterocycles. The summed E-state index contributed by atoms with van der Waals surface area (Å²) in [6, 6.07) is 6.20. The van der Waals surface area contributed by atoms with E-state index in [2.05, 4.69) is 15.9 Å². The van der Waals surface area contributed by atoms with Crippen molar-refractivity contribution in [3.05, 3.63) is 55.4 Å². The Kier molecular flexibility index (Phi) is 3.45. The molecule has 0 fully saturated rings. The fourth-order valence-electron chi connectivity index (χ4n) is 1.65. The summed E-state index contributed by atoms with van der Waals surface area (Å²) in [5, 5.41) is 0. The largest absolute Gasteiger partial charge is 0.289 e. The molecule has 0 bridgehead atoms. The van der Waals surface area contributed by atoms with Crippen LogP contribution in [0.2, 0.25) is 0 Å². The van der Waals surface area contributed by atoms with Gasteiger partial charge in [-0.05, 0) is 54.0 Å². The van der Waals surface area contributed by atoms with Gasteiger partial charge in [0.2, 0.25) is 0 Å². The van der Waals surface area contributed by atoms with Gasteiger partial charge < -0.3 is 0 Å². The topological polar surface area (TPSA) is 17.1 Å². The highest BCUT2D eigenvalue weighted by Gasteiger charge is 2.15. The lowest BCUT2D eigenvalue weighted by Gasteiger charge is -2.01. The molecule has 1 heterocycles. The number of rotatable bonds is 2. The van der Waals surface area contributed by atoms with Crippen LogP contribution in [0.3, 0.4) is 0 Å². The van der Waals surface area contributed by atoms with Gasteiger partial charge in [0.1, 0.15) is 5.82 Å². The number of ketones is 1. The van der Waals surface area contributed by atoms with E-state index in [1.165, 1.54) is 18.2 Å². The predicted molar refractivity (Wildman–Crippen MR) is 71.3 cm³/mol. The van der Waals surface area contributed by atoms with Gasteiger partial charge in [-0.1, -0.05) is 0 Å². The third-order valence-electron chi connectivity index (χ3n) is 2.47. The van der Waals surface area contributed by atoms with Crippen LogP contribution < -0.4 is 0 Å². The standard InChI is InChI=1S/C13H10BrFOS/c1-7-5-10(8(2)17-7)13(16)9-3-4-12(15)11(14)6-9/h3-6H,1-2H3. The Morgan fingerprint density at radius 2 is 2.00 bits per heavy atom. The zero-order valence-electron chi connectivity index (χ0n) is 9.38. The Balaban J connectivity index is 2.44. The van der Waals surface area contributed by atoms with E-state index in [1.807, 2.05) is 19.9 Å². The van der Waals surface area contributed by atoms with E-state index >= 15 is 0 Å². The first-order valence-corrected chi connectivity index (χ1v) is 6.67. The Morgan fingerprint density at radius 1 is 1.29 bits per heavy atom.